The molecule has 0 fully saturated rings. The van der Waals surface area contributed by atoms with Crippen molar-refractivity contribution in [3.8, 4) is 0 Å². The van der Waals surface area contributed by atoms with Crippen LogP contribution in [-0.2, 0) is 20.9 Å². The summed E-state index contributed by atoms with van der Waals surface area (Å²) in [6, 6.07) is 11.4. The minimum Gasteiger partial charge on any atom is -0.452 e. The van der Waals surface area contributed by atoms with E-state index < -0.39 is 5.97 Å². The molecule has 1 amide bonds. The average Bonchev–Trinajstić information content (AvgIpc) is 3.03. The van der Waals surface area contributed by atoms with Gasteiger partial charge in [0.1, 0.15) is 0 Å². The largest absolute Gasteiger partial charge is 0.452 e. The van der Waals surface area contributed by atoms with Crippen molar-refractivity contribution in [1.29, 1.82) is 0 Å². The van der Waals surface area contributed by atoms with Gasteiger partial charge in [0, 0.05) is 12.6 Å². The minimum atomic E-state index is -0.531. The van der Waals surface area contributed by atoms with Gasteiger partial charge in [-0.3, -0.25) is 4.79 Å². The number of hydrogen-bond acceptors (Lipinski definition) is 4. The molecule has 0 bridgehead atoms. The smallest absolute Gasteiger partial charge is 0.331 e. The third-order valence-electron chi connectivity index (χ3n) is 2.63. The maximum absolute atomic E-state index is 11.5. The summed E-state index contributed by atoms with van der Waals surface area (Å²) in [5.74, 6) is -0.854. The van der Waals surface area contributed by atoms with E-state index in [0.29, 0.717) is 6.54 Å². The fourth-order valence-electron chi connectivity index (χ4n) is 1.57. The Kier molecular flexibility index (Phi) is 5.72. The van der Waals surface area contributed by atoms with Crippen LogP contribution in [0.4, 0.5) is 0 Å². The molecular weight excluding hydrogens is 286 g/mol. The van der Waals surface area contributed by atoms with Crippen LogP contribution < -0.4 is 5.32 Å². The molecule has 1 N–H and O–H groups in total. The fourth-order valence-corrected chi connectivity index (χ4v) is 2.19. The molecule has 5 heteroatoms. The predicted molar refractivity (Wildman–Crippen MR) is 82.6 cm³/mol. The number of hydrogen-bond donors (Lipinski definition) is 1. The first-order chi connectivity index (χ1) is 10.2. The summed E-state index contributed by atoms with van der Waals surface area (Å²) in [6.45, 7) is 0.140. The van der Waals surface area contributed by atoms with Crippen molar-refractivity contribution >= 4 is 29.3 Å². The Morgan fingerprint density at radius 3 is 2.71 bits per heavy atom. The van der Waals surface area contributed by atoms with Crippen molar-refractivity contribution in [3.63, 3.8) is 0 Å². The van der Waals surface area contributed by atoms with Gasteiger partial charge in [-0.25, -0.2) is 4.79 Å². The average molecular weight is 301 g/mol. The molecule has 0 aliphatic heterocycles. The van der Waals surface area contributed by atoms with E-state index in [-0.39, 0.29) is 12.5 Å². The Bertz CT molecular complexity index is 606. The van der Waals surface area contributed by atoms with Gasteiger partial charge in [-0.2, -0.15) is 11.3 Å². The van der Waals surface area contributed by atoms with Gasteiger partial charge in [-0.15, -0.1) is 0 Å². The first-order valence-corrected chi connectivity index (χ1v) is 7.36. The molecule has 0 aliphatic carbocycles. The number of carbonyl (C=O) groups excluding carboxylic acids is 2. The Balaban J connectivity index is 1.68. The second-order valence-corrected chi connectivity index (χ2v) is 5.04. The molecule has 1 aromatic heterocycles. The Morgan fingerprint density at radius 2 is 2.00 bits per heavy atom. The van der Waals surface area contributed by atoms with Crippen LogP contribution in [-0.4, -0.2) is 18.5 Å². The zero-order valence-electron chi connectivity index (χ0n) is 11.3. The van der Waals surface area contributed by atoms with Gasteiger partial charge in [0.2, 0.25) is 0 Å². The lowest BCUT2D eigenvalue weighted by Gasteiger charge is -2.05. The highest BCUT2D eigenvalue weighted by atomic mass is 32.1. The molecule has 21 heavy (non-hydrogen) atoms. The lowest BCUT2D eigenvalue weighted by atomic mass is 10.2. The summed E-state index contributed by atoms with van der Waals surface area (Å²) in [7, 11) is 0. The lowest BCUT2D eigenvalue weighted by Crippen LogP contribution is -2.28. The zero-order valence-corrected chi connectivity index (χ0v) is 12.1. The van der Waals surface area contributed by atoms with E-state index >= 15 is 0 Å². The molecule has 0 unspecified atom stereocenters. The number of thiophene rings is 1. The Morgan fingerprint density at radius 1 is 1.19 bits per heavy atom. The molecule has 1 heterocycles. The van der Waals surface area contributed by atoms with Gasteiger partial charge in [-0.05, 0) is 34.0 Å². The number of carbonyl (C=O) groups is 2. The topological polar surface area (TPSA) is 55.4 Å². The zero-order chi connectivity index (χ0) is 14.9. The fraction of sp³-hybridized carbons (Fsp3) is 0.125. The Labute approximate surface area is 127 Å². The third kappa shape index (κ3) is 5.62. The summed E-state index contributed by atoms with van der Waals surface area (Å²) < 4.78 is 4.86. The van der Waals surface area contributed by atoms with Gasteiger partial charge in [0.25, 0.3) is 5.91 Å². The van der Waals surface area contributed by atoms with E-state index in [4.69, 9.17) is 4.74 Å². The van der Waals surface area contributed by atoms with Crippen molar-refractivity contribution in [2.45, 2.75) is 6.54 Å². The SMILES string of the molecule is O=C(COC(=O)/C=C/c1ccsc1)NCc1ccccc1. The quantitative estimate of drug-likeness (QED) is 0.659. The van der Waals surface area contributed by atoms with E-state index in [2.05, 4.69) is 5.32 Å². The first-order valence-electron chi connectivity index (χ1n) is 6.42. The number of amides is 1. The summed E-state index contributed by atoms with van der Waals surface area (Å²) >= 11 is 1.55. The van der Waals surface area contributed by atoms with Gasteiger partial charge < -0.3 is 10.1 Å². The van der Waals surface area contributed by atoms with Gasteiger partial charge in [0.05, 0.1) is 0 Å². The minimum absolute atomic E-state index is 0.278. The van der Waals surface area contributed by atoms with Crippen molar-refractivity contribution in [2.24, 2.45) is 0 Å². The van der Waals surface area contributed by atoms with Crippen molar-refractivity contribution < 1.29 is 14.3 Å². The van der Waals surface area contributed by atoms with E-state index in [1.807, 2.05) is 47.2 Å². The van der Waals surface area contributed by atoms with E-state index in [0.717, 1.165) is 11.1 Å². The highest BCUT2D eigenvalue weighted by Crippen LogP contribution is 2.07. The van der Waals surface area contributed by atoms with Crippen LogP contribution in [0.3, 0.4) is 0 Å². The molecule has 4 nitrogen and oxygen atoms in total. The van der Waals surface area contributed by atoms with Gasteiger partial charge in [-0.1, -0.05) is 30.3 Å². The van der Waals surface area contributed by atoms with Crippen LogP contribution >= 0.6 is 11.3 Å². The highest BCUT2D eigenvalue weighted by Gasteiger charge is 2.04. The van der Waals surface area contributed by atoms with E-state index in [1.165, 1.54) is 6.08 Å². The molecule has 2 rings (SSSR count). The summed E-state index contributed by atoms with van der Waals surface area (Å²) in [6.07, 6.45) is 2.97. The lowest BCUT2D eigenvalue weighted by molar-refractivity contribution is -0.143. The molecule has 0 aliphatic rings. The summed E-state index contributed by atoms with van der Waals surface area (Å²) in [5, 5.41) is 6.52. The maximum Gasteiger partial charge on any atom is 0.331 e. The second-order valence-electron chi connectivity index (χ2n) is 4.26. The monoisotopic (exact) mass is 301 g/mol. The van der Waals surface area contributed by atoms with Crippen molar-refractivity contribution in [3.05, 3.63) is 64.4 Å². The molecule has 108 valence electrons. The van der Waals surface area contributed by atoms with Crippen LogP contribution in [0.5, 0.6) is 0 Å². The molecule has 0 atom stereocenters. The highest BCUT2D eigenvalue weighted by molar-refractivity contribution is 7.08. The van der Waals surface area contributed by atoms with Crippen molar-refractivity contribution in [1.82, 2.24) is 5.32 Å². The molecule has 2 aromatic rings. The van der Waals surface area contributed by atoms with Crippen molar-refractivity contribution in [2.75, 3.05) is 6.61 Å². The number of ether oxygens (including phenoxy) is 1. The second kappa shape index (κ2) is 8.01. The van der Waals surface area contributed by atoms with E-state index in [1.54, 1.807) is 17.4 Å². The Hall–Kier alpha value is -2.40. The van der Waals surface area contributed by atoms with Crippen LogP contribution in [0.2, 0.25) is 0 Å². The van der Waals surface area contributed by atoms with Crippen LogP contribution in [0.15, 0.2) is 53.2 Å². The predicted octanol–water partition coefficient (Wildman–Crippen LogP) is 2.62. The molecule has 0 spiro atoms. The van der Waals surface area contributed by atoms with E-state index in [9.17, 15) is 9.59 Å². The number of benzene rings is 1. The molecule has 0 radical (unpaired) electrons. The molecular formula is C16H15NO3S. The third-order valence-corrected chi connectivity index (χ3v) is 3.33. The maximum atomic E-state index is 11.5. The molecule has 0 saturated heterocycles. The van der Waals surface area contributed by atoms with Gasteiger partial charge in [0.15, 0.2) is 6.61 Å². The molecule has 0 saturated carbocycles. The number of rotatable bonds is 6. The van der Waals surface area contributed by atoms with Crippen LogP contribution in [0.25, 0.3) is 6.08 Å². The molecule has 1 aromatic carbocycles. The number of esters is 1. The standard InChI is InChI=1S/C16H15NO3S/c18-15(17-10-13-4-2-1-3-5-13)11-20-16(19)7-6-14-8-9-21-12-14/h1-9,12H,10-11H2,(H,17,18)/b7-6+. The first kappa shape index (κ1) is 15.0. The summed E-state index contributed by atoms with van der Waals surface area (Å²) in [4.78, 5) is 23.0. The van der Waals surface area contributed by atoms with Crippen LogP contribution in [0.1, 0.15) is 11.1 Å². The normalized spacial score (nSPS) is 10.5. The van der Waals surface area contributed by atoms with Crippen LogP contribution in [0, 0.1) is 0 Å². The summed E-state index contributed by atoms with van der Waals surface area (Å²) in [5.41, 5.74) is 1.93. The number of nitrogens with one attached hydrogen (secondary N) is 1. The van der Waals surface area contributed by atoms with Gasteiger partial charge >= 0.3 is 5.97 Å².